The van der Waals surface area contributed by atoms with E-state index >= 15 is 0 Å². The van der Waals surface area contributed by atoms with Crippen molar-refractivity contribution in [2.45, 2.75) is 184 Å². The van der Waals surface area contributed by atoms with E-state index in [-0.39, 0.29) is 18.9 Å². The number of allylic oxidation sites excluding steroid dienone is 1. The van der Waals surface area contributed by atoms with Gasteiger partial charge in [0, 0.05) is 6.42 Å². The minimum atomic E-state index is -1.78. The van der Waals surface area contributed by atoms with Crippen LogP contribution in [-0.2, 0) is 23.7 Å². The molecule has 2 aliphatic heterocycles. The number of carbonyl (C=O) groups is 1. The summed E-state index contributed by atoms with van der Waals surface area (Å²) in [5.41, 5.74) is 0. The van der Waals surface area contributed by atoms with Crippen LogP contribution in [0.5, 0.6) is 0 Å². The van der Waals surface area contributed by atoms with Crippen LogP contribution in [0.25, 0.3) is 0 Å². The first kappa shape index (κ1) is 43.9. The lowest BCUT2D eigenvalue weighted by molar-refractivity contribution is -0.359. The van der Waals surface area contributed by atoms with E-state index in [2.05, 4.69) is 12.2 Å². The first-order chi connectivity index (χ1) is 23.6. The first-order valence-corrected chi connectivity index (χ1v) is 18.4. The molecule has 2 saturated heterocycles. The molecule has 2 heterocycles. The summed E-state index contributed by atoms with van der Waals surface area (Å²) < 4.78 is 22.3. The number of aliphatic hydroxyl groups excluding tert-OH is 8. The Bertz CT molecular complexity index is 894. The lowest BCUT2D eigenvalue weighted by atomic mass is 9.97. The number of nitrogens with one attached hydrogen (secondary N) is 1. The smallest absolute Gasteiger partial charge is 0.220 e. The highest BCUT2D eigenvalue weighted by Crippen LogP contribution is 2.29. The van der Waals surface area contributed by atoms with Gasteiger partial charge < -0.3 is 65.1 Å². The molecule has 2 rings (SSSR count). The highest BCUT2D eigenvalue weighted by Gasteiger charge is 2.50. The molecule has 0 aromatic heterocycles. The molecule has 0 radical (unpaired) electrons. The summed E-state index contributed by atoms with van der Waals surface area (Å²) in [5, 5.41) is 85.3. The van der Waals surface area contributed by atoms with Crippen LogP contribution in [0.15, 0.2) is 12.2 Å². The van der Waals surface area contributed by atoms with Gasteiger partial charge in [0.05, 0.1) is 32.0 Å². The number of hydrogen-bond acceptors (Lipinski definition) is 13. The molecule has 12 unspecified atom stereocenters. The van der Waals surface area contributed by atoms with E-state index in [9.17, 15) is 45.6 Å². The zero-order valence-corrected chi connectivity index (χ0v) is 29.4. The highest BCUT2D eigenvalue weighted by atomic mass is 16.7. The summed E-state index contributed by atoms with van der Waals surface area (Å²) >= 11 is 0. The predicted octanol–water partition coefficient (Wildman–Crippen LogP) is 0.920. The third-order valence-electron chi connectivity index (χ3n) is 9.21. The molecule has 0 saturated carbocycles. The lowest BCUT2D eigenvalue weighted by Crippen LogP contribution is -2.65. The van der Waals surface area contributed by atoms with Crippen molar-refractivity contribution in [3.8, 4) is 0 Å². The number of ether oxygens (including phenoxy) is 4. The van der Waals surface area contributed by atoms with E-state index in [1.165, 1.54) is 51.4 Å². The van der Waals surface area contributed by atoms with Gasteiger partial charge in [-0.2, -0.15) is 0 Å². The number of carbonyl (C=O) groups excluding carboxylic acids is 1. The van der Waals surface area contributed by atoms with E-state index in [1.807, 2.05) is 6.92 Å². The van der Waals surface area contributed by atoms with Crippen molar-refractivity contribution < 1.29 is 64.6 Å². The van der Waals surface area contributed by atoms with Crippen molar-refractivity contribution in [2.75, 3.05) is 19.8 Å². The normalized spacial score (nSPS) is 32.0. The Morgan fingerprint density at radius 2 is 1.27 bits per heavy atom. The van der Waals surface area contributed by atoms with E-state index < -0.39 is 86.8 Å². The van der Waals surface area contributed by atoms with Crippen LogP contribution in [-0.4, -0.2) is 140 Å². The van der Waals surface area contributed by atoms with Gasteiger partial charge in [-0.05, 0) is 12.8 Å². The van der Waals surface area contributed by atoms with E-state index in [0.29, 0.717) is 6.42 Å². The van der Waals surface area contributed by atoms with Gasteiger partial charge in [-0.25, -0.2) is 0 Å². The molecule has 14 heteroatoms. The summed E-state index contributed by atoms with van der Waals surface area (Å²) in [6.07, 6.45) is 2.42. The Labute approximate surface area is 291 Å². The average molecular weight is 708 g/mol. The SMILES string of the molecule is CCC/C=C/C(O)C(COC1OC(CO)C(OC2OC(CO)C(O)C(O)C2O)C(O)C1O)NC(=O)CCCCCCCCCCCCCC. The van der Waals surface area contributed by atoms with E-state index in [1.54, 1.807) is 12.2 Å². The molecular weight excluding hydrogens is 642 g/mol. The van der Waals surface area contributed by atoms with Crippen molar-refractivity contribution in [3.63, 3.8) is 0 Å². The molecule has 9 N–H and O–H groups in total. The van der Waals surface area contributed by atoms with Crippen molar-refractivity contribution in [1.29, 1.82) is 0 Å². The van der Waals surface area contributed by atoms with Crippen LogP contribution in [0.4, 0.5) is 0 Å². The van der Waals surface area contributed by atoms with Gasteiger partial charge in [0.15, 0.2) is 12.6 Å². The Balaban J connectivity index is 1.88. The van der Waals surface area contributed by atoms with Gasteiger partial charge in [-0.1, -0.05) is 103 Å². The minimum absolute atomic E-state index is 0.255. The molecule has 2 fully saturated rings. The van der Waals surface area contributed by atoms with E-state index in [0.717, 1.165) is 32.1 Å². The Hall–Kier alpha value is -1.27. The Kier molecular flexibility index (Phi) is 22.2. The van der Waals surface area contributed by atoms with E-state index in [4.69, 9.17) is 18.9 Å². The van der Waals surface area contributed by atoms with Crippen molar-refractivity contribution in [2.24, 2.45) is 0 Å². The number of amides is 1. The molecule has 0 aliphatic carbocycles. The number of unbranched alkanes of at least 4 members (excludes halogenated alkanes) is 12. The van der Waals surface area contributed by atoms with Crippen LogP contribution in [0.1, 0.15) is 110 Å². The van der Waals surface area contributed by atoms with Gasteiger partial charge in [0.2, 0.25) is 5.91 Å². The fourth-order valence-electron chi connectivity index (χ4n) is 6.06. The van der Waals surface area contributed by atoms with Crippen LogP contribution in [0.2, 0.25) is 0 Å². The molecular formula is C35H65NO13. The molecule has 1 amide bonds. The molecule has 288 valence electrons. The standard InChI is InChI=1S/C35H65NO13/c1-3-5-7-8-9-10-11-12-13-14-15-17-19-27(40)36-23(24(39)18-16-6-4-2)22-46-34-32(45)30(43)33(26(21-38)48-34)49-35-31(44)29(42)28(41)25(20-37)47-35/h16,18,23-26,28-35,37-39,41-45H,3-15,17,19-22H2,1-2H3,(H,36,40)/b18-16+. The molecule has 0 spiro atoms. The van der Waals surface area contributed by atoms with Crippen molar-refractivity contribution in [1.82, 2.24) is 5.32 Å². The number of hydrogen-bond donors (Lipinski definition) is 9. The van der Waals surface area contributed by atoms with Crippen LogP contribution in [0.3, 0.4) is 0 Å². The zero-order valence-electron chi connectivity index (χ0n) is 29.4. The van der Waals surface area contributed by atoms with Gasteiger partial charge >= 0.3 is 0 Å². The second-order valence-corrected chi connectivity index (χ2v) is 13.4. The molecule has 2 aliphatic rings. The second kappa shape index (κ2) is 24.8. The summed E-state index contributed by atoms with van der Waals surface area (Å²) in [4.78, 5) is 12.8. The quantitative estimate of drug-likeness (QED) is 0.0476. The third kappa shape index (κ3) is 15.1. The summed E-state index contributed by atoms with van der Waals surface area (Å²) in [5.74, 6) is -0.255. The number of aliphatic hydroxyl groups is 8. The molecule has 0 bridgehead atoms. The number of rotatable bonds is 25. The summed E-state index contributed by atoms with van der Waals surface area (Å²) in [6.45, 7) is 2.50. The van der Waals surface area contributed by atoms with Crippen LogP contribution >= 0.6 is 0 Å². The fraction of sp³-hybridized carbons (Fsp3) is 0.914. The molecule has 14 nitrogen and oxygen atoms in total. The third-order valence-corrected chi connectivity index (χ3v) is 9.21. The van der Waals surface area contributed by atoms with Crippen molar-refractivity contribution >= 4 is 5.91 Å². The van der Waals surface area contributed by atoms with Gasteiger partial charge in [-0.3, -0.25) is 4.79 Å². The maximum atomic E-state index is 12.8. The van der Waals surface area contributed by atoms with Gasteiger partial charge in [-0.15, -0.1) is 0 Å². The average Bonchev–Trinajstić information content (AvgIpc) is 3.09. The minimum Gasteiger partial charge on any atom is -0.394 e. The first-order valence-electron chi connectivity index (χ1n) is 18.4. The molecule has 0 aromatic rings. The second-order valence-electron chi connectivity index (χ2n) is 13.4. The summed E-state index contributed by atoms with van der Waals surface area (Å²) in [6, 6.07) is -0.901. The Morgan fingerprint density at radius 3 is 1.84 bits per heavy atom. The fourth-order valence-corrected chi connectivity index (χ4v) is 6.06. The van der Waals surface area contributed by atoms with Gasteiger partial charge in [0.25, 0.3) is 0 Å². The maximum Gasteiger partial charge on any atom is 0.220 e. The molecule has 0 aromatic carbocycles. The summed E-state index contributed by atoms with van der Waals surface area (Å²) in [7, 11) is 0. The molecule has 49 heavy (non-hydrogen) atoms. The Morgan fingerprint density at radius 1 is 0.714 bits per heavy atom. The highest BCUT2D eigenvalue weighted by molar-refractivity contribution is 5.76. The monoisotopic (exact) mass is 707 g/mol. The molecule has 12 atom stereocenters. The lowest BCUT2D eigenvalue weighted by Gasteiger charge is -2.46. The van der Waals surface area contributed by atoms with Gasteiger partial charge in [0.1, 0.15) is 48.8 Å². The predicted molar refractivity (Wildman–Crippen MR) is 180 cm³/mol. The largest absolute Gasteiger partial charge is 0.394 e. The topological polar surface area (TPSA) is 228 Å². The van der Waals surface area contributed by atoms with Crippen LogP contribution in [0, 0.1) is 0 Å². The maximum absolute atomic E-state index is 12.8. The zero-order chi connectivity index (χ0) is 36.2. The van der Waals surface area contributed by atoms with Crippen molar-refractivity contribution in [3.05, 3.63) is 12.2 Å². The van der Waals surface area contributed by atoms with Crippen LogP contribution < -0.4 is 5.32 Å².